The number of carbonyl (C=O) groups is 1. The summed E-state index contributed by atoms with van der Waals surface area (Å²) in [5, 5.41) is 0. The molecule has 4 rings (SSSR count). The van der Waals surface area contributed by atoms with E-state index in [0.717, 1.165) is 45.0 Å². The lowest BCUT2D eigenvalue weighted by molar-refractivity contribution is 0.101. The van der Waals surface area contributed by atoms with Gasteiger partial charge in [-0.1, -0.05) is 13.8 Å². The number of hydrogen-bond donors (Lipinski definition) is 0. The first-order valence-corrected chi connectivity index (χ1v) is 11.8. The molecule has 0 N–H and O–H groups in total. The van der Waals surface area contributed by atoms with Crippen LogP contribution in [0.15, 0.2) is 0 Å². The molecule has 1 aliphatic rings. The van der Waals surface area contributed by atoms with E-state index >= 15 is 0 Å². The van der Waals surface area contributed by atoms with Gasteiger partial charge in [0.1, 0.15) is 0 Å². The van der Waals surface area contributed by atoms with Gasteiger partial charge in [0.05, 0.1) is 0 Å². The Bertz CT molecular complexity index is 1370. The summed E-state index contributed by atoms with van der Waals surface area (Å²) < 4.78 is 0. The SMILES string of the molecule is CC(=O)c1c(C)c(C)c2c(c1C)C(C)(C)c1c(C)c(-c3nc(C)c(C)c(C)n3)c(C)c(C)c1-2. The largest absolute Gasteiger partial charge is 0.294 e. The van der Waals surface area contributed by atoms with Crippen LogP contribution in [-0.2, 0) is 5.41 Å². The molecule has 3 heteroatoms. The summed E-state index contributed by atoms with van der Waals surface area (Å²) in [6.45, 7) is 25.6. The van der Waals surface area contributed by atoms with Gasteiger partial charge in [-0.15, -0.1) is 0 Å². The molecule has 0 radical (unpaired) electrons. The van der Waals surface area contributed by atoms with Crippen molar-refractivity contribution in [3.63, 3.8) is 0 Å². The topological polar surface area (TPSA) is 42.9 Å². The second-order valence-electron chi connectivity index (χ2n) is 10.5. The Morgan fingerprint density at radius 1 is 0.576 bits per heavy atom. The number of ketones is 1. The molecule has 3 aromatic rings. The number of carbonyl (C=O) groups excluding carboxylic acids is 1. The van der Waals surface area contributed by atoms with E-state index in [1.54, 1.807) is 6.92 Å². The van der Waals surface area contributed by atoms with Crippen LogP contribution in [0.25, 0.3) is 22.5 Å². The molecular formula is C30H36N2O. The smallest absolute Gasteiger partial charge is 0.160 e. The molecule has 0 atom stereocenters. The van der Waals surface area contributed by atoms with Crippen molar-refractivity contribution in [2.45, 2.75) is 88.5 Å². The minimum Gasteiger partial charge on any atom is -0.294 e. The highest BCUT2D eigenvalue weighted by Crippen LogP contribution is 2.56. The fraction of sp³-hybridized carbons (Fsp3) is 0.433. The lowest BCUT2D eigenvalue weighted by Crippen LogP contribution is -2.20. The molecule has 0 fully saturated rings. The monoisotopic (exact) mass is 440 g/mol. The van der Waals surface area contributed by atoms with Crippen LogP contribution in [0.3, 0.4) is 0 Å². The maximum Gasteiger partial charge on any atom is 0.160 e. The number of aromatic nitrogens is 2. The lowest BCUT2D eigenvalue weighted by Gasteiger charge is -2.28. The maximum absolute atomic E-state index is 12.6. The molecule has 0 amide bonds. The third-order valence-corrected chi connectivity index (χ3v) is 8.33. The number of rotatable bonds is 2. The highest BCUT2D eigenvalue weighted by Gasteiger charge is 2.43. The van der Waals surface area contributed by atoms with Gasteiger partial charge in [0, 0.05) is 27.9 Å². The van der Waals surface area contributed by atoms with Crippen molar-refractivity contribution in [1.29, 1.82) is 0 Å². The predicted molar refractivity (Wildman–Crippen MR) is 138 cm³/mol. The van der Waals surface area contributed by atoms with Crippen LogP contribution in [0.5, 0.6) is 0 Å². The quantitative estimate of drug-likeness (QED) is 0.389. The maximum atomic E-state index is 12.6. The van der Waals surface area contributed by atoms with E-state index < -0.39 is 0 Å². The number of benzene rings is 2. The van der Waals surface area contributed by atoms with Crippen molar-refractivity contribution in [3.8, 4) is 22.5 Å². The van der Waals surface area contributed by atoms with E-state index in [1.807, 2.05) is 0 Å². The van der Waals surface area contributed by atoms with E-state index in [4.69, 9.17) is 9.97 Å². The number of Topliss-reactive ketones (excluding diaryl/α,β-unsaturated/α-hetero) is 1. The van der Waals surface area contributed by atoms with Gasteiger partial charge in [-0.2, -0.15) is 0 Å². The third kappa shape index (κ3) is 2.97. The Balaban J connectivity index is 2.18. The molecule has 172 valence electrons. The van der Waals surface area contributed by atoms with Crippen LogP contribution in [0, 0.1) is 62.3 Å². The normalized spacial score (nSPS) is 13.8. The van der Waals surface area contributed by atoms with Crippen molar-refractivity contribution >= 4 is 5.78 Å². The van der Waals surface area contributed by atoms with Gasteiger partial charge < -0.3 is 0 Å². The summed E-state index contributed by atoms with van der Waals surface area (Å²) in [6, 6.07) is 0. The molecule has 0 aliphatic heterocycles. The van der Waals surface area contributed by atoms with E-state index in [-0.39, 0.29) is 11.2 Å². The van der Waals surface area contributed by atoms with Crippen molar-refractivity contribution in [3.05, 3.63) is 67.0 Å². The molecule has 0 bridgehead atoms. The van der Waals surface area contributed by atoms with Crippen LogP contribution in [0.4, 0.5) is 0 Å². The zero-order chi connectivity index (χ0) is 24.7. The number of aryl methyl sites for hydroxylation is 2. The molecule has 0 unspecified atom stereocenters. The van der Waals surface area contributed by atoms with Gasteiger partial charge in [0.15, 0.2) is 11.6 Å². The number of nitrogens with zero attached hydrogens (tertiary/aromatic N) is 2. The second kappa shape index (κ2) is 7.35. The second-order valence-corrected chi connectivity index (χ2v) is 10.5. The fourth-order valence-corrected chi connectivity index (χ4v) is 6.37. The molecule has 0 spiro atoms. The molecule has 3 nitrogen and oxygen atoms in total. The summed E-state index contributed by atoms with van der Waals surface area (Å²) in [4.78, 5) is 22.5. The molecule has 33 heavy (non-hydrogen) atoms. The van der Waals surface area contributed by atoms with Crippen LogP contribution in [-0.4, -0.2) is 15.8 Å². The summed E-state index contributed by atoms with van der Waals surface area (Å²) in [6.07, 6.45) is 0. The number of hydrogen-bond acceptors (Lipinski definition) is 3. The van der Waals surface area contributed by atoms with E-state index in [2.05, 4.69) is 76.2 Å². The van der Waals surface area contributed by atoms with Crippen molar-refractivity contribution in [1.82, 2.24) is 9.97 Å². The van der Waals surface area contributed by atoms with Gasteiger partial charge in [0.2, 0.25) is 0 Å². The molecule has 1 aliphatic carbocycles. The zero-order valence-electron chi connectivity index (χ0n) is 22.3. The molecule has 0 saturated carbocycles. The van der Waals surface area contributed by atoms with Crippen LogP contribution < -0.4 is 0 Å². The highest BCUT2D eigenvalue weighted by atomic mass is 16.1. The minimum atomic E-state index is -0.219. The minimum absolute atomic E-state index is 0.145. The van der Waals surface area contributed by atoms with Crippen molar-refractivity contribution in [2.24, 2.45) is 0 Å². The molecule has 1 aromatic heterocycles. The average molecular weight is 441 g/mol. The van der Waals surface area contributed by atoms with E-state index in [1.165, 1.54) is 44.5 Å². The number of fused-ring (bicyclic) bond motifs is 3. The summed E-state index contributed by atoms with van der Waals surface area (Å²) in [5.74, 6) is 0.962. The summed E-state index contributed by atoms with van der Waals surface area (Å²) in [7, 11) is 0. The first kappa shape index (κ1) is 23.4. The predicted octanol–water partition coefficient (Wildman–Crippen LogP) is 7.43. The van der Waals surface area contributed by atoms with Gasteiger partial charge in [-0.3, -0.25) is 4.79 Å². The van der Waals surface area contributed by atoms with Crippen LogP contribution >= 0.6 is 0 Å². The Morgan fingerprint density at radius 3 is 1.48 bits per heavy atom. The van der Waals surface area contributed by atoms with Gasteiger partial charge in [-0.05, 0) is 130 Å². The zero-order valence-corrected chi connectivity index (χ0v) is 22.3. The van der Waals surface area contributed by atoms with Gasteiger partial charge in [0.25, 0.3) is 0 Å². The summed E-state index contributed by atoms with van der Waals surface area (Å²) >= 11 is 0. The Kier molecular flexibility index (Phi) is 5.20. The standard InChI is InChI=1S/C30H36N2O/c1-13-15(3)25-26-16(4)14(2)24(29-31-20(8)17(5)21(9)32-29)19(7)28(26)30(11,12)27(25)18(6)23(13)22(10)33/h1-12H3. The Labute approximate surface area is 198 Å². The molecule has 0 saturated heterocycles. The Hall–Kier alpha value is -2.81. The highest BCUT2D eigenvalue weighted by molar-refractivity contribution is 6.01. The average Bonchev–Trinajstić information content (AvgIpc) is 2.96. The van der Waals surface area contributed by atoms with Crippen LogP contribution in [0.1, 0.15) is 92.6 Å². The Morgan fingerprint density at radius 2 is 1.00 bits per heavy atom. The molecule has 1 heterocycles. The lowest BCUT2D eigenvalue weighted by atomic mass is 9.75. The van der Waals surface area contributed by atoms with Gasteiger partial charge in [-0.25, -0.2) is 9.97 Å². The van der Waals surface area contributed by atoms with Crippen molar-refractivity contribution in [2.75, 3.05) is 0 Å². The third-order valence-electron chi connectivity index (χ3n) is 8.33. The first-order chi connectivity index (χ1) is 15.2. The molecule has 2 aromatic carbocycles. The van der Waals surface area contributed by atoms with Crippen molar-refractivity contribution < 1.29 is 4.79 Å². The van der Waals surface area contributed by atoms with Crippen LogP contribution in [0.2, 0.25) is 0 Å². The van der Waals surface area contributed by atoms with E-state index in [0.29, 0.717) is 0 Å². The first-order valence-electron chi connectivity index (χ1n) is 11.8. The van der Waals surface area contributed by atoms with E-state index in [9.17, 15) is 4.79 Å². The summed E-state index contributed by atoms with van der Waals surface area (Å²) in [5.41, 5.74) is 17.6. The van der Waals surface area contributed by atoms with Gasteiger partial charge >= 0.3 is 0 Å². The molecular weight excluding hydrogens is 404 g/mol. The fourth-order valence-electron chi connectivity index (χ4n) is 6.37.